The number of benzene rings is 1. The molecular weight excluding hydrogens is 302 g/mol. The van der Waals surface area contributed by atoms with Crippen molar-refractivity contribution in [3.63, 3.8) is 0 Å². The van der Waals surface area contributed by atoms with Crippen molar-refractivity contribution < 1.29 is 9.90 Å². The summed E-state index contributed by atoms with van der Waals surface area (Å²) in [5.41, 5.74) is 2.13. The molecule has 2 atom stereocenters. The van der Waals surface area contributed by atoms with Crippen LogP contribution in [0.15, 0.2) is 48.7 Å². The van der Waals surface area contributed by atoms with Crippen molar-refractivity contribution in [3.8, 4) is 0 Å². The van der Waals surface area contributed by atoms with Crippen molar-refractivity contribution in [1.82, 2.24) is 15.2 Å². The molecule has 5 heteroatoms. The number of aliphatic hydroxyl groups is 1. The predicted octanol–water partition coefficient (Wildman–Crippen LogP) is 2.77. The Morgan fingerprint density at radius 1 is 1.17 bits per heavy atom. The lowest BCUT2D eigenvalue weighted by atomic mass is 10.1. The number of aryl methyl sites for hydroxylation is 2. The SMILES string of the molecule is CC(CCc1cccn1C)NC(=O)NCCC(O)c1ccccc1. The molecule has 0 aliphatic carbocycles. The van der Waals surface area contributed by atoms with Crippen molar-refractivity contribution in [2.75, 3.05) is 6.54 Å². The van der Waals surface area contributed by atoms with Crippen LogP contribution in [0.1, 0.15) is 37.1 Å². The van der Waals surface area contributed by atoms with Gasteiger partial charge in [-0.1, -0.05) is 30.3 Å². The van der Waals surface area contributed by atoms with Gasteiger partial charge in [0.1, 0.15) is 0 Å². The lowest BCUT2D eigenvalue weighted by Gasteiger charge is -2.16. The summed E-state index contributed by atoms with van der Waals surface area (Å²) in [7, 11) is 2.03. The van der Waals surface area contributed by atoms with Gasteiger partial charge in [0.15, 0.2) is 0 Å². The Balaban J connectivity index is 1.63. The van der Waals surface area contributed by atoms with E-state index in [1.807, 2.05) is 56.6 Å². The predicted molar refractivity (Wildman–Crippen MR) is 95.7 cm³/mol. The molecule has 0 radical (unpaired) electrons. The Bertz CT molecular complexity index is 625. The minimum absolute atomic E-state index is 0.0962. The first kappa shape index (κ1) is 18.1. The third kappa shape index (κ3) is 5.74. The van der Waals surface area contributed by atoms with Crippen LogP contribution in [0.4, 0.5) is 4.79 Å². The highest BCUT2D eigenvalue weighted by Crippen LogP contribution is 2.14. The molecule has 130 valence electrons. The van der Waals surface area contributed by atoms with Crippen molar-refractivity contribution in [2.24, 2.45) is 7.05 Å². The van der Waals surface area contributed by atoms with Gasteiger partial charge in [-0.25, -0.2) is 4.79 Å². The normalized spacial score (nSPS) is 13.3. The van der Waals surface area contributed by atoms with Gasteiger partial charge in [-0.05, 0) is 43.9 Å². The van der Waals surface area contributed by atoms with Crippen LogP contribution in [-0.2, 0) is 13.5 Å². The van der Waals surface area contributed by atoms with Gasteiger partial charge in [-0.2, -0.15) is 0 Å². The van der Waals surface area contributed by atoms with E-state index in [4.69, 9.17) is 0 Å². The second-order valence-corrected chi connectivity index (χ2v) is 6.17. The zero-order valence-electron chi connectivity index (χ0n) is 14.4. The molecule has 0 bridgehead atoms. The number of hydrogen-bond acceptors (Lipinski definition) is 2. The third-order valence-electron chi connectivity index (χ3n) is 4.15. The van der Waals surface area contributed by atoms with Crippen molar-refractivity contribution in [2.45, 2.75) is 38.3 Å². The topological polar surface area (TPSA) is 66.3 Å². The molecule has 1 heterocycles. The molecule has 0 aliphatic rings. The van der Waals surface area contributed by atoms with E-state index in [1.165, 1.54) is 5.69 Å². The molecular formula is C19H27N3O2. The minimum Gasteiger partial charge on any atom is -0.388 e. The minimum atomic E-state index is -0.554. The Hall–Kier alpha value is -2.27. The second-order valence-electron chi connectivity index (χ2n) is 6.17. The largest absolute Gasteiger partial charge is 0.388 e. The summed E-state index contributed by atoms with van der Waals surface area (Å²) in [4.78, 5) is 11.9. The summed E-state index contributed by atoms with van der Waals surface area (Å²) in [6.45, 7) is 2.44. The lowest BCUT2D eigenvalue weighted by Crippen LogP contribution is -2.41. The molecule has 2 aromatic rings. The Morgan fingerprint density at radius 2 is 1.92 bits per heavy atom. The summed E-state index contributed by atoms with van der Waals surface area (Å²) in [5, 5.41) is 15.8. The highest BCUT2D eigenvalue weighted by atomic mass is 16.3. The molecule has 0 spiro atoms. The van der Waals surface area contributed by atoms with E-state index in [0.717, 1.165) is 18.4 Å². The second kappa shape index (κ2) is 9.13. The number of carbonyl (C=O) groups is 1. The van der Waals surface area contributed by atoms with E-state index in [-0.39, 0.29) is 12.1 Å². The summed E-state index contributed by atoms with van der Waals surface area (Å²) in [6.07, 6.45) is 3.78. The van der Waals surface area contributed by atoms with E-state index in [0.29, 0.717) is 13.0 Å². The highest BCUT2D eigenvalue weighted by Gasteiger charge is 2.10. The Labute approximate surface area is 143 Å². The van der Waals surface area contributed by atoms with Gasteiger partial charge in [0, 0.05) is 31.5 Å². The van der Waals surface area contributed by atoms with Gasteiger partial charge in [0.2, 0.25) is 0 Å². The first-order chi connectivity index (χ1) is 11.6. The van der Waals surface area contributed by atoms with Crippen LogP contribution in [0, 0.1) is 0 Å². The fraction of sp³-hybridized carbons (Fsp3) is 0.421. The van der Waals surface area contributed by atoms with Gasteiger partial charge in [0.25, 0.3) is 0 Å². The summed E-state index contributed by atoms with van der Waals surface area (Å²) in [5.74, 6) is 0. The summed E-state index contributed by atoms with van der Waals surface area (Å²) < 4.78 is 2.10. The summed E-state index contributed by atoms with van der Waals surface area (Å²) in [6, 6.07) is 13.5. The van der Waals surface area contributed by atoms with Crippen molar-refractivity contribution in [3.05, 3.63) is 59.9 Å². The first-order valence-electron chi connectivity index (χ1n) is 8.44. The maximum absolute atomic E-state index is 11.9. The molecule has 0 aliphatic heterocycles. The number of nitrogens with one attached hydrogen (secondary N) is 2. The van der Waals surface area contributed by atoms with E-state index in [1.54, 1.807) is 0 Å². The molecule has 0 fully saturated rings. The average molecular weight is 329 g/mol. The summed E-state index contributed by atoms with van der Waals surface area (Å²) >= 11 is 0. The smallest absolute Gasteiger partial charge is 0.314 e. The number of aliphatic hydroxyl groups excluding tert-OH is 1. The molecule has 0 saturated heterocycles. The van der Waals surface area contributed by atoms with Gasteiger partial charge in [0.05, 0.1) is 6.10 Å². The zero-order chi connectivity index (χ0) is 17.4. The molecule has 2 rings (SSSR count). The molecule has 3 N–H and O–H groups in total. The molecule has 1 aromatic heterocycles. The van der Waals surface area contributed by atoms with Gasteiger partial charge in [-0.3, -0.25) is 0 Å². The van der Waals surface area contributed by atoms with Crippen LogP contribution in [0.3, 0.4) is 0 Å². The van der Waals surface area contributed by atoms with Crippen LogP contribution in [0.5, 0.6) is 0 Å². The van der Waals surface area contributed by atoms with Gasteiger partial charge >= 0.3 is 6.03 Å². The van der Waals surface area contributed by atoms with E-state index >= 15 is 0 Å². The number of aromatic nitrogens is 1. The molecule has 24 heavy (non-hydrogen) atoms. The fourth-order valence-corrected chi connectivity index (χ4v) is 2.63. The van der Waals surface area contributed by atoms with Crippen molar-refractivity contribution >= 4 is 6.03 Å². The number of amides is 2. The van der Waals surface area contributed by atoms with E-state index in [2.05, 4.69) is 21.3 Å². The number of rotatable bonds is 8. The van der Waals surface area contributed by atoms with Gasteiger partial charge in [-0.15, -0.1) is 0 Å². The van der Waals surface area contributed by atoms with E-state index < -0.39 is 6.10 Å². The third-order valence-corrected chi connectivity index (χ3v) is 4.15. The van der Waals surface area contributed by atoms with Crippen LogP contribution >= 0.6 is 0 Å². The van der Waals surface area contributed by atoms with Crippen molar-refractivity contribution in [1.29, 1.82) is 0 Å². The Kier molecular flexibility index (Phi) is 6.88. The van der Waals surface area contributed by atoms with Crippen LogP contribution in [0.2, 0.25) is 0 Å². The number of nitrogens with zero attached hydrogens (tertiary/aromatic N) is 1. The van der Waals surface area contributed by atoms with Crippen LogP contribution < -0.4 is 10.6 Å². The maximum Gasteiger partial charge on any atom is 0.314 e. The molecule has 1 aromatic carbocycles. The average Bonchev–Trinajstić information content (AvgIpc) is 2.98. The Morgan fingerprint density at radius 3 is 2.58 bits per heavy atom. The van der Waals surface area contributed by atoms with Crippen LogP contribution in [-0.4, -0.2) is 28.3 Å². The molecule has 5 nitrogen and oxygen atoms in total. The monoisotopic (exact) mass is 329 g/mol. The first-order valence-corrected chi connectivity index (χ1v) is 8.44. The standard InChI is InChI=1S/C19H27N3O2/c1-15(10-11-17-9-6-14-22(17)2)21-19(24)20-13-12-18(23)16-7-4-3-5-8-16/h3-9,14-15,18,23H,10-13H2,1-2H3,(H2,20,21,24). The molecule has 0 saturated carbocycles. The quantitative estimate of drug-likeness (QED) is 0.697. The number of hydrogen-bond donors (Lipinski definition) is 3. The zero-order valence-corrected chi connectivity index (χ0v) is 14.4. The fourth-order valence-electron chi connectivity index (χ4n) is 2.63. The number of carbonyl (C=O) groups excluding carboxylic acids is 1. The molecule has 2 unspecified atom stereocenters. The van der Waals surface area contributed by atoms with Gasteiger partial charge < -0.3 is 20.3 Å². The van der Waals surface area contributed by atoms with E-state index in [9.17, 15) is 9.90 Å². The maximum atomic E-state index is 11.9. The molecule has 2 amide bonds. The lowest BCUT2D eigenvalue weighted by molar-refractivity contribution is 0.166. The highest BCUT2D eigenvalue weighted by molar-refractivity contribution is 5.74. The number of urea groups is 1. The van der Waals surface area contributed by atoms with Crippen LogP contribution in [0.25, 0.3) is 0 Å².